The van der Waals surface area contributed by atoms with Crippen LogP contribution in [0, 0.1) is 6.92 Å². The maximum absolute atomic E-state index is 13.2. The molecule has 1 aromatic carbocycles. The van der Waals surface area contributed by atoms with Crippen molar-refractivity contribution in [3.05, 3.63) is 53.3 Å². The molecule has 2 aromatic rings. The van der Waals surface area contributed by atoms with Crippen LogP contribution in [0.3, 0.4) is 0 Å². The predicted octanol–water partition coefficient (Wildman–Crippen LogP) is 1.76. The van der Waals surface area contributed by atoms with E-state index in [1.165, 1.54) is 0 Å². The van der Waals surface area contributed by atoms with Gasteiger partial charge in [0.1, 0.15) is 0 Å². The van der Waals surface area contributed by atoms with Crippen LogP contribution in [0.15, 0.2) is 36.5 Å². The molecule has 1 aromatic heterocycles. The molecule has 1 atom stereocenters. The first kappa shape index (κ1) is 18.7. The molecule has 0 radical (unpaired) electrons. The molecule has 2 fully saturated rings. The van der Waals surface area contributed by atoms with Crippen LogP contribution in [-0.4, -0.2) is 63.2 Å². The molecule has 3 heterocycles. The van der Waals surface area contributed by atoms with Gasteiger partial charge >= 0.3 is 0 Å². The molecule has 4 rings (SSSR count). The highest BCUT2D eigenvalue weighted by atomic mass is 16.5. The summed E-state index contributed by atoms with van der Waals surface area (Å²) in [5, 5.41) is 4.29. The summed E-state index contributed by atoms with van der Waals surface area (Å²) in [6.45, 7) is 4.34. The zero-order valence-corrected chi connectivity index (χ0v) is 16.4. The highest BCUT2D eigenvalue weighted by molar-refractivity contribution is 5.95. The molecule has 0 saturated carbocycles. The van der Waals surface area contributed by atoms with Crippen molar-refractivity contribution in [2.24, 2.45) is 7.05 Å². The predicted molar refractivity (Wildman–Crippen MR) is 104 cm³/mol. The Hall–Kier alpha value is -2.67. The van der Waals surface area contributed by atoms with Gasteiger partial charge in [0.25, 0.3) is 5.91 Å². The van der Waals surface area contributed by atoms with Crippen LogP contribution in [0.4, 0.5) is 0 Å². The number of aromatic nitrogens is 2. The maximum Gasteiger partial charge on any atom is 0.257 e. The van der Waals surface area contributed by atoms with E-state index in [-0.39, 0.29) is 11.8 Å². The Bertz CT molecular complexity index is 871. The normalized spacial score (nSPS) is 22.7. The van der Waals surface area contributed by atoms with Gasteiger partial charge in [0.2, 0.25) is 5.91 Å². The van der Waals surface area contributed by atoms with Crippen molar-refractivity contribution in [2.45, 2.75) is 31.8 Å². The van der Waals surface area contributed by atoms with E-state index in [1.807, 2.05) is 54.1 Å². The second kappa shape index (κ2) is 7.39. The van der Waals surface area contributed by atoms with Crippen LogP contribution in [0.25, 0.3) is 0 Å². The fourth-order valence-electron chi connectivity index (χ4n) is 4.26. The zero-order chi connectivity index (χ0) is 19.7. The van der Waals surface area contributed by atoms with E-state index in [9.17, 15) is 9.59 Å². The van der Waals surface area contributed by atoms with Gasteiger partial charge in [0, 0.05) is 45.9 Å². The van der Waals surface area contributed by atoms with Crippen LogP contribution in [-0.2, 0) is 23.1 Å². The summed E-state index contributed by atoms with van der Waals surface area (Å²) >= 11 is 0. The molecule has 2 amide bonds. The first-order valence-corrected chi connectivity index (χ1v) is 9.70. The lowest BCUT2D eigenvalue weighted by molar-refractivity contribution is -0.137. The van der Waals surface area contributed by atoms with Crippen molar-refractivity contribution in [1.29, 1.82) is 0 Å². The smallest absolute Gasteiger partial charge is 0.257 e. The number of carbonyl (C=O) groups excluding carboxylic acids is 2. The monoisotopic (exact) mass is 382 g/mol. The Kier molecular flexibility index (Phi) is 4.93. The fraction of sp³-hybridized carbons (Fsp3) is 0.476. The number of aryl methyl sites for hydroxylation is 2. The Labute approximate surface area is 164 Å². The number of ether oxygens (including phenoxy) is 1. The van der Waals surface area contributed by atoms with Crippen LogP contribution < -0.4 is 0 Å². The van der Waals surface area contributed by atoms with E-state index in [4.69, 9.17) is 4.74 Å². The third-order valence-electron chi connectivity index (χ3n) is 5.75. The van der Waals surface area contributed by atoms with Gasteiger partial charge in [-0.05, 0) is 18.9 Å². The molecule has 1 spiro atoms. The van der Waals surface area contributed by atoms with Crippen molar-refractivity contribution >= 4 is 11.8 Å². The van der Waals surface area contributed by atoms with Gasteiger partial charge in [-0.3, -0.25) is 14.3 Å². The summed E-state index contributed by atoms with van der Waals surface area (Å²) in [7, 11) is 1.81. The van der Waals surface area contributed by atoms with E-state index in [1.54, 1.807) is 10.9 Å². The SMILES string of the molecule is Cc1nn(C)cc1C(=O)N1CCC(=O)N(Cc2ccccc2)C2(CCOC2)C1. The molecule has 7 heteroatoms. The summed E-state index contributed by atoms with van der Waals surface area (Å²) in [6, 6.07) is 10.00. The Morgan fingerprint density at radius 2 is 2.07 bits per heavy atom. The van der Waals surface area contributed by atoms with E-state index in [2.05, 4.69) is 5.10 Å². The first-order chi connectivity index (χ1) is 13.5. The number of rotatable bonds is 3. The third kappa shape index (κ3) is 3.42. The second-order valence-electron chi connectivity index (χ2n) is 7.77. The minimum absolute atomic E-state index is 0.0637. The van der Waals surface area contributed by atoms with Crippen LogP contribution >= 0.6 is 0 Å². The van der Waals surface area contributed by atoms with E-state index < -0.39 is 5.54 Å². The summed E-state index contributed by atoms with van der Waals surface area (Å²) in [5.74, 6) is 0.0128. The summed E-state index contributed by atoms with van der Waals surface area (Å²) in [5.41, 5.74) is 1.92. The zero-order valence-electron chi connectivity index (χ0n) is 16.4. The summed E-state index contributed by atoms with van der Waals surface area (Å²) in [4.78, 5) is 30.0. The van der Waals surface area contributed by atoms with Gasteiger partial charge in [-0.1, -0.05) is 30.3 Å². The molecule has 1 unspecified atom stereocenters. The lowest BCUT2D eigenvalue weighted by Crippen LogP contribution is -2.56. The van der Waals surface area contributed by atoms with Crippen molar-refractivity contribution in [3.8, 4) is 0 Å². The van der Waals surface area contributed by atoms with E-state index in [0.29, 0.717) is 50.5 Å². The minimum atomic E-state index is -0.477. The molecule has 28 heavy (non-hydrogen) atoms. The number of amides is 2. The van der Waals surface area contributed by atoms with Gasteiger partial charge in [0.05, 0.1) is 23.4 Å². The lowest BCUT2D eigenvalue weighted by Gasteiger charge is -2.40. The van der Waals surface area contributed by atoms with Crippen molar-refractivity contribution in [2.75, 3.05) is 26.3 Å². The molecule has 2 saturated heterocycles. The highest BCUT2D eigenvalue weighted by Crippen LogP contribution is 2.32. The third-order valence-corrected chi connectivity index (χ3v) is 5.75. The molecule has 0 bridgehead atoms. The second-order valence-corrected chi connectivity index (χ2v) is 7.77. The summed E-state index contributed by atoms with van der Waals surface area (Å²) in [6.07, 6.45) is 2.81. The largest absolute Gasteiger partial charge is 0.379 e. The Morgan fingerprint density at radius 3 is 2.71 bits per heavy atom. The maximum atomic E-state index is 13.2. The van der Waals surface area contributed by atoms with Gasteiger partial charge in [-0.15, -0.1) is 0 Å². The van der Waals surface area contributed by atoms with Crippen LogP contribution in [0.5, 0.6) is 0 Å². The van der Waals surface area contributed by atoms with Crippen LogP contribution in [0.1, 0.15) is 34.5 Å². The molecule has 2 aliphatic rings. The molecule has 2 aliphatic heterocycles. The van der Waals surface area contributed by atoms with Gasteiger partial charge < -0.3 is 14.5 Å². The van der Waals surface area contributed by atoms with Crippen molar-refractivity contribution in [3.63, 3.8) is 0 Å². The van der Waals surface area contributed by atoms with Crippen molar-refractivity contribution in [1.82, 2.24) is 19.6 Å². The van der Waals surface area contributed by atoms with Gasteiger partial charge in [-0.2, -0.15) is 5.10 Å². The Morgan fingerprint density at radius 1 is 1.29 bits per heavy atom. The molecular formula is C21H26N4O3. The molecule has 0 aliphatic carbocycles. The van der Waals surface area contributed by atoms with E-state index >= 15 is 0 Å². The first-order valence-electron chi connectivity index (χ1n) is 9.70. The van der Waals surface area contributed by atoms with Gasteiger partial charge in [-0.25, -0.2) is 0 Å². The molecule has 7 nitrogen and oxygen atoms in total. The van der Waals surface area contributed by atoms with Crippen molar-refractivity contribution < 1.29 is 14.3 Å². The number of hydrogen-bond acceptors (Lipinski definition) is 4. The number of hydrogen-bond donors (Lipinski definition) is 0. The highest BCUT2D eigenvalue weighted by Gasteiger charge is 2.47. The molecular weight excluding hydrogens is 356 g/mol. The minimum Gasteiger partial charge on any atom is -0.379 e. The van der Waals surface area contributed by atoms with Crippen LogP contribution in [0.2, 0.25) is 0 Å². The Balaban J connectivity index is 1.63. The topological polar surface area (TPSA) is 67.7 Å². The number of carbonyl (C=O) groups is 2. The van der Waals surface area contributed by atoms with E-state index in [0.717, 1.165) is 12.0 Å². The average Bonchev–Trinajstić information content (AvgIpc) is 3.26. The van der Waals surface area contributed by atoms with Gasteiger partial charge in [0.15, 0.2) is 0 Å². The quantitative estimate of drug-likeness (QED) is 0.811. The average molecular weight is 382 g/mol. The standard InChI is InChI=1S/C21H26N4O3/c1-16-18(13-23(2)22-16)20(27)24-10-8-19(26)25(12-17-6-4-3-5-7-17)21(14-24)9-11-28-15-21/h3-7,13H,8-12,14-15H2,1-2H3. The molecule has 148 valence electrons. The number of benzene rings is 1. The number of nitrogens with zero attached hydrogens (tertiary/aromatic N) is 4. The summed E-state index contributed by atoms with van der Waals surface area (Å²) < 4.78 is 7.38. The lowest BCUT2D eigenvalue weighted by atomic mass is 9.94. The molecule has 0 N–H and O–H groups in total. The fourth-order valence-corrected chi connectivity index (χ4v) is 4.26.